The molecule has 1 aliphatic heterocycles. The van der Waals surface area contributed by atoms with Crippen LogP contribution < -0.4 is 10.6 Å². The number of carbonyl (C=O) groups excluding carboxylic acids is 1. The second kappa shape index (κ2) is 5.93. The van der Waals surface area contributed by atoms with Gasteiger partial charge in [-0.15, -0.1) is 0 Å². The van der Waals surface area contributed by atoms with Crippen molar-refractivity contribution < 1.29 is 9.90 Å². The number of carbonyl (C=O) groups is 1. The number of fused-ring (bicyclic) bond motifs is 1. The molecule has 3 N–H and O–H groups in total. The van der Waals surface area contributed by atoms with Gasteiger partial charge >= 0.3 is 0 Å². The van der Waals surface area contributed by atoms with Gasteiger partial charge in [0.05, 0.1) is 18.0 Å². The standard InChI is InChI=1S/C14H21N3O2/c1-10(2)17(7-8-18)14(19)13-9-15-11-5-3-4-6-12(11)16-13/h3-6,10,13,15-16,18H,7-9H2,1-2H3. The average Bonchev–Trinajstić information content (AvgIpc) is 2.43. The van der Waals surface area contributed by atoms with E-state index in [1.54, 1.807) is 4.90 Å². The van der Waals surface area contributed by atoms with Gasteiger partial charge in [-0.1, -0.05) is 12.1 Å². The molecule has 1 aliphatic rings. The highest BCUT2D eigenvalue weighted by molar-refractivity contribution is 5.88. The Kier molecular flexibility index (Phi) is 4.27. The van der Waals surface area contributed by atoms with Gasteiger partial charge in [-0.25, -0.2) is 0 Å². The molecule has 0 spiro atoms. The second-order valence-corrected chi connectivity index (χ2v) is 4.97. The molecule has 1 heterocycles. The van der Waals surface area contributed by atoms with E-state index < -0.39 is 0 Å². The van der Waals surface area contributed by atoms with Crippen molar-refractivity contribution in [1.82, 2.24) is 4.90 Å². The maximum Gasteiger partial charge on any atom is 0.247 e. The Morgan fingerprint density at radius 3 is 2.74 bits per heavy atom. The number of anilines is 2. The summed E-state index contributed by atoms with van der Waals surface area (Å²) in [5.41, 5.74) is 1.96. The third-order valence-electron chi connectivity index (χ3n) is 3.30. The molecule has 1 unspecified atom stereocenters. The SMILES string of the molecule is CC(C)N(CCO)C(=O)C1CNc2ccccc2N1. The summed E-state index contributed by atoms with van der Waals surface area (Å²) in [6.07, 6.45) is 0. The summed E-state index contributed by atoms with van der Waals surface area (Å²) >= 11 is 0. The molecule has 1 amide bonds. The molecule has 0 fully saturated rings. The molecule has 0 radical (unpaired) electrons. The van der Waals surface area contributed by atoms with Gasteiger partial charge in [-0.05, 0) is 26.0 Å². The lowest BCUT2D eigenvalue weighted by molar-refractivity contribution is -0.134. The fraction of sp³-hybridized carbons (Fsp3) is 0.500. The highest BCUT2D eigenvalue weighted by Gasteiger charge is 2.28. The minimum absolute atomic E-state index is 0.0132. The van der Waals surface area contributed by atoms with Crippen molar-refractivity contribution in [2.24, 2.45) is 0 Å². The Balaban J connectivity index is 2.09. The Morgan fingerprint density at radius 2 is 2.11 bits per heavy atom. The molecule has 0 aromatic heterocycles. The summed E-state index contributed by atoms with van der Waals surface area (Å²) in [4.78, 5) is 14.2. The largest absolute Gasteiger partial charge is 0.395 e. The van der Waals surface area contributed by atoms with Crippen molar-refractivity contribution in [2.45, 2.75) is 25.9 Å². The minimum atomic E-state index is -0.288. The number of nitrogens with one attached hydrogen (secondary N) is 2. The zero-order valence-electron chi connectivity index (χ0n) is 11.4. The highest BCUT2D eigenvalue weighted by Crippen LogP contribution is 2.25. The molecule has 1 atom stereocenters. The predicted octanol–water partition coefficient (Wildman–Crippen LogP) is 1.12. The number of amides is 1. The van der Waals surface area contributed by atoms with E-state index in [4.69, 9.17) is 5.11 Å². The molecular weight excluding hydrogens is 242 g/mol. The zero-order valence-corrected chi connectivity index (χ0v) is 11.4. The number of aliphatic hydroxyl groups excluding tert-OH is 1. The quantitative estimate of drug-likeness (QED) is 0.762. The van der Waals surface area contributed by atoms with Crippen LogP contribution in [0, 0.1) is 0 Å². The average molecular weight is 263 g/mol. The summed E-state index contributed by atoms with van der Waals surface area (Å²) in [7, 11) is 0. The minimum Gasteiger partial charge on any atom is -0.395 e. The van der Waals surface area contributed by atoms with Gasteiger partial charge in [0.15, 0.2) is 0 Å². The lowest BCUT2D eigenvalue weighted by Gasteiger charge is -2.34. The van der Waals surface area contributed by atoms with E-state index in [9.17, 15) is 4.79 Å². The Labute approximate surface area is 113 Å². The molecule has 2 rings (SSSR count). The van der Waals surface area contributed by atoms with Crippen LogP contribution in [-0.2, 0) is 4.79 Å². The summed E-state index contributed by atoms with van der Waals surface area (Å²) in [6, 6.07) is 7.63. The maximum atomic E-state index is 12.5. The van der Waals surface area contributed by atoms with Crippen LogP contribution >= 0.6 is 0 Å². The zero-order chi connectivity index (χ0) is 13.8. The maximum absolute atomic E-state index is 12.5. The highest BCUT2D eigenvalue weighted by atomic mass is 16.3. The summed E-state index contributed by atoms with van der Waals surface area (Å²) in [5.74, 6) is 0.0195. The van der Waals surface area contributed by atoms with Crippen molar-refractivity contribution in [2.75, 3.05) is 30.3 Å². The first-order chi connectivity index (χ1) is 9.13. The Hall–Kier alpha value is -1.75. The number of hydrogen-bond donors (Lipinski definition) is 3. The van der Waals surface area contributed by atoms with Crippen LogP contribution in [0.15, 0.2) is 24.3 Å². The number of rotatable bonds is 4. The first-order valence-corrected chi connectivity index (χ1v) is 6.64. The van der Waals surface area contributed by atoms with Crippen LogP contribution in [0.3, 0.4) is 0 Å². The normalized spacial score (nSPS) is 17.4. The Morgan fingerprint density at radius 1 is 1.42 bits per heavy atom. The van der Waals surface area contributed by atoms with E-state index in [0.717, 1.165) is 11.4 Å². The van der Waals surface area contributed by atoms with E-state index in [0.29, 0.717) is 13.1 Å². The lowest BCUT2D eigenvalue weighted by Crippen LogP contribution is -2.51. The monoisotopic (exact) mass is 263 g/mol. The van der Waals surface area contributed by atoms with Crippen LogP contribution in [0.5, 0.6) is 0 Å². The molecule has 0 saturated carbocycles. The van der Waals surface area contributed by atoms with Crippen molar-refractivity contribution in [3.8, 4) is 0 Å². The van der Waals surface area contributed by atoms with E-state index in [2.05, 4.69) is 10.6 Å². The second-order valence-electron chi connectivity index (χ2n) is 4.97. The van der Waals surface area contributed by atoms with E-state index in [-0.39, 0.29) is 24.6 Å². The number of benzene rings is 1. The van der Waals surface area contributed by atoms with Gasteiger partial charge in [0, 0.05) is 19.1 Å². The molecule has 0 saturated heterocycles. The third kappa shape index (κ3) is 2.98. The summed E-state index contributed by atoms with van der Waals surface area (Å²) in [6.45, 7) is 4.83. The molecule has 1 aromatic carbocycles. The number of aliphatic hydroxyl groups is 1. The van der Waals surface area contributed by atoms with Crippen molar-refractivity contribution >= 4 is 17.3 Å². The fourth-order valence-corrected chi connectivity index (χ4v) is 2.29. The molecule has 5 heteroatoms. The van der Waals surface area contributed by atoms with Gasteiger partial charge in [0.25, 0.3) is 0 Å². The van der Waals surface area contributed by atoms with Crippen LogP contribution in [0.25, 0.3) is 0 Å². The van der Waals surface area contributed by atoms with Crippen molar-refractivity contribution in [1.29, 1.82) is 0 Å². The van der Waals surface area contributed by atoms with Gasteiger partial charge < -0.3 is 20.6 Å². The van der Waals surface area contributed by atoms with Crippen LogP contribution in [-0.4, -0.2) is 47.7 Å². The predicted molar refractivity (Wildman–Crippen MR) is 76.3 cm³/mol. The first-order valence-electron chi connectivity index (χ1n) is 6.64. The van der Waals surface area contributed by atoms with Gasteiger partial charge in [0.1, 0.15) is 6.04 Å². The van der Waals surface area contributed by atoms with Crippen LogP contribution in [0.2, 0.25) is 0 Å². The van der Waals surface area contributed by atoms with Crippen LogP contribution in [0.4, 0.5) is 11.4 Å². The van der Waals surface area contributed by atoms with Gasteiger partial charge in [0.2, 0.25) is 5.91 Å². The topological polar surface area (TPSA) is 64.6 Å². The molecule has 0 bridgehead atoms. The van der Waals surface area contributed by atoms with Gasteiger partial charge in [-0.3, -0.25) is 4.79 Å². The molecule has 5 nitrogen and oxygen atoms in total. The van der Waals surface area contributed by atoms with Gasteiger partial charge in [-0.2, -0.15) is 0 Å². The fourth-order valence-electron chi connectivity index (χ4n) is 2.29. The lowest BCUT2D eigenvalue weighted by atomic mass is 10.1. The molecule has 104 valence electrons. The molecule has 0 aliphatic carbocycles. The van der Waals surface area contributed by atoms with E-state index in [1.165, 1.54) is 0 Å². The smallest absolute Gasteiger partial charge is 0.247 e. The molecule has 1 aromatic rings. The van der Waals surface area contributed by atoms with Crippen molar-refractivity contribution in [3.05, 3.63) is 24.3 Å². The Bertz CT molecular complexity index is 448. The molecule has 19 heavy (non-hydrogen) atoms. The summed E-state index contributed by atoms with van der Waals surface area (Å²) < 4.78 is 0. The number of para-hydroxylation sites is 2. The molecular formula is C14H21N3O2. The van der Waals surface area contributed by atoms with Crippen molar-refractivity contribution in [3.63, 3.8) is 0 Å². The van der Waals surface area contributed by atoms with Crippen LogP contribution in [0.1, 0.15) is 13.8 Å². The van der Waals surface area contributed by atoms with E-state index in [1.807, 2.05) is 38.1 Å². The number of hydrogen-bond acceptors (Lipinski definition) is 4. The van der Waals surface area contributed by atoms with E-state index >= 15 is 0 Å². The number of nitrogens with zero attached hydrogens (tertiary/aromatic N) is 1. The first kappa shape index (κ1) is 13.7. The third-order valence-corrected chi connectivity index (χ3v) is 3.30. The summed E-state index contributed by atoms with van der Waals surface area (Å²) in [5, 5.41) is 15.6.